The van der Waals surface area contributed by atoms with E-state index >= 15 is 0 Å². The number of fused-ring (bicyclic) bond motifs is 1. The molecule has 0 aliphatic heterocycles. The summed E-state index contributed by atoms with van der Waals surface area (Å²) in [6.45, 7) is 15.0. The first kappa shape index (κ1) is 24.7. The van der Waals surface area contributed by atoms with Crippen molar-refractivity contribution in [3.8, 4) is 0 Å². The van der Waals surface area contributed by atoms with Crippen LogP contribution in [0.5, 0.6) is 0 Å². The van der Waals surface area contributed by atoms with Crippen LogP contribution >= 0.6 is 0 Å². The van der Waals surface area contributed by atoms with Crippen molar-refractivity contribution in [3.05, 3.63) is 35.5 Å². The highest BCUT2D eigenvalue weighted by atomic mass is 16.3. The van der Waals surface area contributed by atoms with E-state index in [9.17, 15) is 15.3 Å². The van der Waals surface area contributed by atoms with E-state index in [4.69, 9.17) is 0 Å². The van der Waals surface area contributed by atoms with Gasteiger partial charge in [-0.25, -0.2) is 0 Å². The fraction of sp³-hybridized carbons (Fsp3) is 0.786. The molecular weight excluding hydrogens is 384 g/mol. The highest BCUT2D eigenvalue weighted by molar-refractivity contribution is 5.29. The second-order valence-corrected chi connectivity index (χ2v) is 11.9. The molecule has 3 N–H and O–H groups in total. The minimum absolute atomic E-state index is 0.366. The second-order valence-electron chi connectivity index (χ2n) is 11.9. The van der Waals surface area contributed by atoms with Crippen LogP contribution in [0.3, 0.4) is 0 Å². The van der Waals surface area contributed by atoms with Crippen LogP contribution in [0.15, 0.2) is 35.5 Å². The predicted octanol–water partition coefficient (Wildman–Crippen LogP) is 5.95. The fourth-order valence-electron chi connectivity index (χ4n) is 6.81. The van der Waals surface area contributed by atoms with Gasteiger partial charge in [0.15, 0.2) is 0 Å². The third-order valence-corrected chi connectivity index (χ3v) is 9.08. The van der Waals surface area contributed by atoms with Gasteiger partial charge >= 0.3 is 0 Å². The minimum Gasteiger partial charge on any atom is -0.390 e. The smallest absolute Gasteiger partial charge is 0.0809 e. The lowest BCUT2D eigenvalue weighted by Gasteiger charge is -2.45. The molecule has 3 aliphatic rings. The van der Waals surface area contributed by atoms with E-state index < -0.39 is 17.8 Å². The number of aliphatic hydroxyl groups excluding tert-OH is 2. The van der Waals surface area contributed by atoms with Crippen LogP contribution in [0, 0.1) is 29.1 Å². The quantitative estimate of drug-likeness (QED) is 0.456. The Labute approximate surface area is 190 Å². The molecule has 3 saturated carbocycles. The highest BCUT2D eigenvalue weighted by Gasteiger charge is 2.51. The first-order valence-electron chi connectivity index (χ1n) is 12.6. The molecule has 0 radical (unpaired) electrons. The lowest BCUT2D eigenvalue weighted by Crippen LogP contribution is -2.37. The summed E-state index contributed by atoms with van der Waals surface area (Å²) < 4.78 is 0. The summed E-state index contributed by atoms with van der Waals surface area (Å²) >= 11 is 0. The molecule has 176 valence electrons. The number of aliphatic hydroxyl groups is 3. The van der Waals surface area contributed by atoms with Crippen LogP contribution < -0.4 is 0 Å². The molecule has 0 heterocycles. The summed E-state index contributed by atoms with van der Waals surface area (Å²) in [6.07, 6.45) is 12.8. The van der Waals surface area contributed by atoms with Gasteiger partial charge in [-0.05, 0) is 106 Å². The standard InChI is InChI=1S/C28H46O3/c1-18(13-15-27(4,5)31)19(2)23-11-12-24-22(8-7-14-28(23,24)6)10-9-21-16-25(29)20(3)26(30)17-21/h9-10,18-19,23-26,29-31H,3,7-8,11-17H2,1-2,4-6H3/b22-10+/t18-,19-,23-,24?,25-,26-,28-/m1/s1. The molecule has 3 nitrogen and oxygen atoms in total. The van der Waals surface area contributed by atoms with Gasteiger partial charge in [0.05, 0.1) is 17.8 Å². The number of rotatable bonds is 6. The van der Waals surface area contributed by atoms with Gasteiger partial charge in [0.25, 0.3) is 0 Å². The molecular formula is C28H46O3. The zero-order valence-electron chi connectivity index (χ0n) is 20.5. The molecule has 31 heavy (non-hydrogen) atoms. The molecule has 0 aromatic carbocycles. The van der Waals surface area contributed by atoms with E-state index in [-0.39, 0.29) is 0 Å². The van der Waals surface area contributed by atoms with Gasteiger partial charge in [-0.1, -0.05) is 50.6 Å². The van der Waals surface area contributed by atoms with Gasteiger partial charge in [-0.15, -0.1) is 0 Å². The van der Waals surface area contributed by atoms with Gasteiger partial charge in [0.1, 0.15) is 0 Å². The molecule has 3 heteroatoms. The van der Waals surface area contributed by atoms with E-state index in [2.05, 4.69) is 39.5 Å². The van der Waals surface area contributed by atoms with Crippen LogP contribution in [0.2, 0.25) is 0 Å². The average molecular weight is 431 g/mol. The lowest BCUT2D eigenvalue weighted by molar-refractivity contribution is 0.0447. The molecule has 0 amide bonds. The number of hydrogen-bond acceptors (Lipinski definition) is 3. The SMILES string of the molecule is C=C1[C@H](O)CC(=C/C=C2\CCC[C@@]3(C)C2CC[C@@H]3[C@H](C)[C@H](C)CCC(C)(C)O)C[C@H]1O. The molecule has 7 atom stereocenters. The Morgan fingerprint density at radius 1 is 1.13 bits per heavy atom. The molecule has 0 saturated heterocycles. The van der Waals surface area contributed by atoms with Crippen LogP contribution in [0.4, 0.5) is 0 Å². The maximum absolute atomic E-state index is 10.2. The largest absolute Gasteiger partial charge is 0.390 e. The Balaban J connectivity index is 1.71. The van der Waals surface area contributed by atoms with Crippen molar-refractivity contribution in [1.29, 1.82) is 0 Å². The first-order chi connectivity index (χ1) is 14.4. The monoisotopic (exact) mass is 430 g/mol. The maximum atomic E-state index is 10.2. The summed E-state index contributed by atoms with van der Waals surface area (Å²) in [5.74, 6) is 2.69. The second kappa shape index (κ2) is 9.53. The molecule has 3 rings (SSSR count). The molecule has 0 bridgehead atoms. The van der Waals surface area contributed by atoms with Crippen LogP contribution in [0.1, 0.15) is 92.4 Å². The van der Waals surface area contributed by atoms with Crippen LogP contribution in [-0.4, -0.2) is 33.1 Å². The van der Waals surface area contributed by atoms with E-state index in [1.807, 2.05) is 13.8 Å². The fourth-order valence-corrected chi connectivity index (χ4v) is 6.81. The van der Waals surface area contributed by atoms with Crippen molar-refractivity contribution in [2.24, 2.45) is 29.1 Å². The summed E-state index contributed by atoms with van der Waals surface area (Å²) in [4.78, 5) is 0. The van der Waals surface area contributed by atoms with Crippen molar-refractivity contribution in [2.45, 2.75) is 110 Å². The van der Waals surface area contributed by atoms with Crippen molar-refractivity contribution in [2.75, 3.05) is 0 Å². The highest BCUT2D eigenvalue weighted by Crippen LogP contribution is 2.60. The zero-order chi connectivity index (χ0) is 23.0. The molecule has 0 aromatic rings. The van der Waals surface area contributed by atoms with E-state index in [1.165, 1.54) is 32.1 Å². The van der Waals surface area contributed by atoms with Crippen LogP contribution in [0.25, 0.3) is 0 Å². The summed E-state index contributed by atoms with van der Waals surface area (Å²) in [6, 6.07) is 0. The van der Waals surface area contributed by atoms with E-state index in [0.29, 0.717) is 41.6 Å². The molecule has 1 unspecified atom stereocenters. The Morgan fingerprint density at radius 2 is 1.77 bits per heavy atom. The summed E-state index contributed by atoms with van der Waals surface area (Å²) in [5.41, 5.74) is 3.06. The molecule has 3 fully saturated rings. The zero-order valence-corrected chi connectivity index (χ0v) is 20.5. The molecule has 0 aromatic heterocycles. The van der Waals surface area contributed by atoms with Crippen molar-refractivity contribution in [3.63, 3.8) is 0 Å². The summed E-state index contributed by atoms with van der Waals surface area (Å²) in [7, 11) is 0. The van der Waals surface area contributed by atoms with Gasteiger partial charge in [0, 0.05) is 0 Å². The van der Waals surface area contributed by atoms with Crippen molar-refractivity contribution in [1.82, 2.24) is 0 Å². The Kier molecular flexibility index (Phi) is 7.61. The third kappa shape index (κ3) is 5.54. The number of allylic oxidation sites excluding steroid dienone is 3. The molecule has 0 spiro atoms. The Bertz CT molecular complexity index is 696. The predicted molar refractivity (Wildman–Crippen MR) is 129 cm³/mol. The van der Waals surface area contributed by atoms with Gasteiger partial charge < -0.3 is 15.3 Å². The van der Waals surface area contributed by atoms with Gasteiger partial charge in [-0.3, -0.25) is 0 Å². The maximum Gasteiger partial charge on any atom is 0.0809 e. The van der Waals surface area contributed by atoms with Gasteiger partial charge in [-0.2, -0.15) is 0 Å². The normalized spacial score (nSPS) is 37.6. The lowest BCUT2D eigenvalue weighted by atomic mass is 9.59. The Hall–Kier alpha value is -0.900. The molecule has 3 aliphatic carbocycles. The minimum atomic E-state index is -0.618. The topological polar surface area (TPSA) is 60.7 Å². The van der Waals surface area contributed by atoms with Crippen molar-refractivity contribution < 1.29 is 15.3 Å². The Morgan fingerprint density at radius 3 is 2.39 bits per heavy atom. The third-order valence-electron chi connectivity index (χ3n) is 9.08. The first-order valence-corrected chi connectivity index (χ1v) is 12.6. The van der Waals surface area contributed by atoms with E-state index in [1.54, 1.807) is 5.57 Å². The number of hydrogen-bond donors (Lipinski definition) is 3. The van der Waals surface area contributed by atoms with E-state index in [0.717, 1.165) is 24.3 Å². The summed E-state index contributed by atoms with van der Waals surface area (Å²) in [5, 5.41) is 30.5. The van der Waals surface area contributed by atoms with Gasteiger partial charge in [0.2, 0.25) is 0 Å². The van der Waals surface area contributed by atoms with Crippen molar-refractivity contribution >= 4 is 0 Å². The average Bonchev–Trinajstić information content (AvgIpc) is 3.04. The van der Waals surface area contributed by atoms with Crippen LogP contribution in [-0.2, 0) is 0 Å².